The lowest BCUT2D eigenvalue weighted by atomic mass is 10.1. The molecule has 1 unspecified atom stereocenters. The van der Waals surface area contributed by atoms with E-state index < -0.39 is 42.2 Å². The molecule has 0 spiro atoms. The van der Waals surface area contributed by atoms with Gasteiger partial charge in [-0.2, -0.15) is 0 Å². The molecule has 12 heteroatoms. The van der Waals surface area contributed by atoms with Crippen molar-refractivity contribution in [2.45, 2.75) is 12.5 Å². The molecule has 0 bridgehead atoms. The Labute approximate surface area is 205 Å². The third kappa shape index (κ3) is 9.98. The maximum absolute atomic E-state index is 13.4. The highest BCUT2D eigenvalue weighted by molar-refractivity contribution is 6.30. The monoisotopic (exact) mass is 511 g/mol. The minimum atomic E-state index is -0.803. The number of nitrogens with one attached hydrogen (secondary N) is 3. The molecule has 3 amide bonds. The topological polar surface area (TPSA) is 126 Å². The molecule has 0 heterocycles. The molecule has 0 saturated heterocycles. The van der Waals surface area contributed by atoms with E-state index >= 15 is 0 Å². The summed E-state index contributed by atoms with van der Waals surface area (Å²) >= 11 is 5.58. The fraction of sp³-hybridized carbons (Fsp3) is 0.261. The summed E-state index contributed by atoms with van der Waals surface area (Å²) in [5.41, 5.74) is 0.765. The molecule has 0 fully saturated rings. The Kier molecular flexibility index (Phi) is 10.9. The smallest absolute Gasteiger partial charge is 0.407 e. The van der Waals surface area contributed by atoms with E-state index in [0.29, 0.717) is 11.3 Å². The molecule has 4 N–H and O–H groups in total. The van der Waals surface area contributed by atoms with Gasteiger partial charge in [0.05, 0.1) is 11.1 Å². The van der Waals surface area contributed by atoms with Crippen LogP contribution in [0.2, 0.25) is 5.02 Å². The molecule has 188 valence electrons. The molecule has 0 saturated carbocycles. The standard InChI is InChI=1S/C23H24ClF2N3O6/c1-14(28-22(32)13-34-17-6-7-18(24)19(26)10-17)8-9-27-23(33)35-12-20(29-21(31)11-30)15-2-4-16(25)5-3-15/h2-7,10,20,30H,1,8-9,11-13H2,(H,27,33)(H,28,32)(H,29,31). The number of aliphatic hydroxyl groups excluding tert-OH is 1. The second-order valence-electron chi connectivity index (χ2n) is 7.12. The summed E-state index contributed by atoms with van der Waals surface area (Å²) in [6.45, 7) is 2.32. The van der Waals surface area contributed by atoms with Gasteiger partial charge in [-0.25, -0.2) is 13.6 Å². The summed E-state index contributed by atoms with van der Waals surface area (Å²) < 4.78 is 36.8. The summed E-state index contributed by atoms with van der Waals surface area (Å²) in [7, 11) is 0. The van der Waals surface area contributed by atoms with Crippen molar-refractivity contribution in [1.29, 1.82) is 0 Å². The largest absolute Gasteiger partial charge is 0.484 e. The minimum absolute atomic E-state index is 0.0675. The Morgan fingerprint density at radius 1 is 1.09 bits per heavy atom. The van der Waals surface area contributed by atoms with Crippen molar-refractivity contribution in [2.75, 3.05) is 26.4 Å². The first-order chi connectivity index (χ1) is 16.7. The molecule has 2 aromatic carbocycles. The van der Waals surface area contributed by atoms with Crippen molar-refractivity contribution in [2.24, 2.45) is 0 Å². The molecular weight excluding hydrogens is 488 g/mol. The van der Waals surface area contributed by atoms with Gasteiger partial charge in [-0.1, -0.05) is 30.3 Å². The molecule has 0 aliphatic heterocycles. The lowest BCUT2D eigenvalue weighted by molar-refractivity contribution is -0.125. The average Bonchev–Trinajstić information content (AvgIpc) is 2.82. The number of halogens is 3. The van der Waals surface area contributed by atoms with E-state index in [1.165, 1.54) is 36.4 Å². The van der Waals surface area contributed by atoms with Crippen molar-refractivity contribution in [3.63, 3.8) is 0 Å². The molecule has 2 rings (SSSR count). The SMILES string of the molecule is C=C(CCNC(=O)OCC(NC(=O)CO)c1ccc(F)cc1)NC(=O)COc1ccc(Cl)c(F)c1. The fourth-order valence-electron chi connectivity index (χ4n) is 2.69. The van der Waals surface area contributed by atoms with Crippen LogP contribution >= 0.6 is 11.6 Å². The molecule has 2 aromatic rings. The number of carbonyl (C=O) groups excluding carboxylic acids is 3. The van der Waals surface area contributed by atoms with Crippen LogP contribution in [0.5, 0.6) is 5.75 Å². The van der Waals surface area contributed by atoms with E-state index in [9.17, 15) is 23.2 Å². The van der Waals surface area contributed by atoms with Crippen molar-refractivity contribution in [1.82, 2.24) is 16.0 Å². The van der Waals surface area contributed by atoms with E-state index in [4.69, 9.17) is 26.2 Å². The van der Waals surface area contributed by atoms with Gasteiger partial charge in [0.1, 0.15) is 30.6 Å². The highest BCUT2D eigenvalue weighted by atomic mass is 35.5. The highest BCUT2D eigenvalue weighted by Gasteiger charge is 2.17. The second kappa shape index (κ2) is 13.9. The number of hydrogen-bond acceptors (Lipinski definition) is 6. The number of aliphatic hydroxyl groups is 1. The van der Waals surface area contributed by atoms with Crippen LogP contribution in [0.15, 0.2) is 54.7 Å². The van der Waals surface area contributed by atoms with Gasteiger partial charge >= 0.3 is 6.09 Å². The molecule has 1 atom stereocenters. The van der Waals surface area contributed by atoms with Gasteiger partial charge in [0.2, 0.25) is 5.91 Å². The van der Waals surface area contributed by atoms with Crippen LogP contribution in [0.3, 0.4) is 0 Å². The zero-order valence-corrected chi connectivity index (χ0v) is 19.2. The van der Waals surface area contributed by atoms with E-state index in [1.807, 2.05) is 0 Å². The Balaban J connectivity index is 1.71. The molecule has 35 heavy (non-hydrogen) atoms. The minimum Gasteiger partial charge on any atom is -0.484 e. The third-order valence-corrected chi connectivity index (χ3v) is 4.71. The van der Waals surface area contributed by atoms with Crippen molar-refractivity contribution >= 4 is 29.5 Å². The molecule has 0 aliphatic rings. The van der Waals surface area contributed by atoms with Crippen LogP contribution in [0, 0.1) is 11.6 Å². The van der Waals surface area contributed by atoms with Crippen molar-refractivity contribution in [3.05, 3.63) is 77.0 Å². The van der Waals surface area contributed by atoms with Gasteiger partial charge in [-0.3, -0.25) is 9.59 Å². The molecule has 0 aliphatic carbocycles. The molecule has 0 radical (unpaired) electrons. The summed E-state index contributed by atoms with van der Waals surface area (Å²) in [6.07, 6.45) is -0.624. The Bertz CT molecular complexity index is 1050. The van der Waals surface area contributed by atoms with Crippen LogP contribution in [-0.2, 0) is 14.3 Å². The normalized spacial score (nSPS) is 11.2. The van der Waals surface area contributed by atoms with Crippen molar-refractivity contribution in [3.8, 4) is 5.75 Å². The van der Waals surface area contributed by atoms with E-state index in [-0.39, 0.29) is 37.0 Å². The van der Waals surface area contributed by atoms with Crippen LogP contribution in [0.25, 0.3) is 0 Å². The number of amides is 3. The predicted molar refractivity (Wildman–Crippen MR) is 123 cm³/mol. The molecule has 0 aromatic heterocycles. The van der Waals surface area contributed by atoms with E-state index in [0.717, 1.165) is 6.07 Å². The fourth-order valence-corrected chi connectivity index (χ4v) is 2.81. The summed E-state index contributed by atoms with van der Waals surface area (Å²) in [4.78, 5) is 35.4. The molecular formula is C23H24ClF2N3O6. The zero-order valence-electron chi connectivity index (χ0n) is 18.5. The molecule has 9 nitrogen and oxygen atoms in total. The van der Waals surface area contributed by atoms with Crippen LogP contribution in [0.4, 0.5) is 13.6 Å². The number of benzene rings is 2. The summed E-state index contributed by atoms with van der Waals surface area (Å²) in [5.74, 6) is -2.24. The second-order valence-corrected chi connectivity index (χ2v) is 7.53. The lowest BCUT2D eigenvalue weighted by Crippen LogP contribution is -2.36. The Hall–Kier alpha value is -3.70. The number of hydrogen-bond donors (Lipinski definition) is 4. The Morgan fingerprint density at radius 3 is 2.46 bits per heavy atom. The zero-order chi connectivity index (χ0) is 25.8. The number of carbonyl (C=O) groups is 3. The highest BCUT2D eigenvalue weighted by Crippen LogP contribution is 2.20. The van der Waals surface area contributed by atoms with Crippen molar-refractivity contribution < 1.29 is 37.7 Å². The first-order valence-corrected chi connectivity index (χ1v) is 10.7. The van der Waals surface area contributed by atoms with E-state index in [1.54, 1.807) is 0 Å². The first-order valence-electron chi connectivity index (χ1n) is 10.3. The quantitative estimate of drug-likeness (QED) is 0.347. The van der Waals surface area contributed by atoms with Gasteiger partial charge in [0.25, 0.3) is 5.91 Å². The van der Waals surface area contributed by atoms with Gasteiger partial charge in [-0.15, -0.1) is 0 Å². The predicted octanol–water partition coefficient (Wildman–Crippen LogP) is 2.59. The lowest BCUT2D eigenvalue weighted by Gasteiger charge is -2.19. The van der Waals surface area contributed by atoms with Gasteiger partial charge < -0.3 is 30.5 Å². The van der Waals surface area contributed by atoms with Gasteiger partial charge in [0.15, 0.2) is 6.61 Å². The maximum Gasteiger partial charge on any atom is 0.407 e. The van der Waals surface area contributed by atoms with Crippen LogP contribution in [0.1, 0.15) is 18.0 Å². The van der Waals surface area contributed by atoms with E-state index in [2.05, 4.69) is 22.5 Å². The third-order valence-electron chi connectivity index (χ3n) is 4.41. The van der Waals surface area contributed by atoms with Gasteiger partial charge in [0, 0.05) is 24.7 Å². The number of alkyl carbamates (subject to hydrolysis) is 1. The summed E-state index contributed by atoms with van der Waals surface area (Å²) in [6, 6.07) is 8.17. The first kappa shape index (κ1) is 27.5. The number of ether oxygens (including phenoxy) is 2. The van der Waals surface area contributed by atoms with Crippen LogP contribution in [-0.4, -0.2) is 49.4 Å². The van der Waals surface area contributed by atoms with Crippen LogP contribution < -0.4 is 20.7 Å². The van der Waals surface area contributed by atoms with Gasteiger partial charge in [-0.05, 0) is 29.8 Å². The number of rotatable bonds is 12. The average molecular weight is 512 g/mol. The maximum atomic E-state index is 13.4. The summed E-state index contributed by atoms with van der Waals surface area (Å²) in [5, 5.41) is 16.3. The Morgan fingerprint density at radius 2 is 1.80 bits per heavy atom.